The molecule has 1 aromatic carbocycles. The number of rotatable bonds is 3. The molecule has 0 bridgehead atoms. The molecule has 0 fully saturated rings. The molecule has 0 spiro atoms. The maximum atomic E-state index is 12.6. The third-order valence-corrected chi connectivity index (χ3v) is 5.25. The fraction of sp³-hybridized carbons (Fsp3) is 0.421. The quantitative estimate of drug-likeness (QED) is 0.530. The Morgan fingerprint density at radius 3 is 2.88 bits per heavy atom. The van der Waals surface area contributed by atoms with Gasteiger partial charge < -0.3 is 4.74 Å². The summed E-state index contributed by atoms with van der Waals surface area (Å²) in [4.78, 5) is 29.9. The largest absolute Gasteiger partial charge is 0.465 e. The Morgan fingerprint density at radius 2 is 2.17 bits per heavy atom. The molecule has 0 N–H and O–H groups in total. The van der Waals surface area contributed by atoms with Crippen molar-refractivity contribution < 1.29 is 14.3 Å². The van der Waals surface area contributed by atoms with Crippen LogP contribution in [0.25, 0.3) is 0 Å². The molecule has 5 heteroatoms. The van der Waals surface area contributed by atoms with Crippen LogP contribution in [-0.2, 0) is 14.3 Å². The minimum absolute atomic E-state index is 0.116. The van der Waals surface area contributed by atoms with Crippen molar-refractivity contribution in [2.24, 2.45) is 10.9 Å². The number of ether oxygens (including phenoxy) is 1. The molecule has 0 amide bonds. The first-order chi connectivity index (χ1) is 11.5. The first-order valence-corrected chi connectivity index (χ1v) is 9.34. The molecule has 3 rings (SSSR count). The van der Waals surface area contributed by atoms with Gasteiger partial charge >= 0.3 is 5.97 Å². The van der Waals surface area contributed by atoms with Crippen molar-refractivity contribution in [2.75, 3.05) is 6.61 Å². The molecule has 0 saturated heterocycles. The van der Waals surface area contributed by atoms with Gasteiger partial charge in [0.2, 0.25) is 0 Å². The highest BCUT2D eigenvalue weighted by molar-refractivity contribution is 14.1. The average Bonchev–Trinajstić information content (AvgIpc) is 2.54. The van der Waals surface area contributed by atoms with Crippen LogP contribution in [0.4, 0.5) is 0 Å². The normalized spacial score (nSPS) is 23.6. The van der Waals surface area contributed by atoms with Crippen molar-refractivity contribution in [2.45, 2.75) is 39.0 Å². The standard InChI is InChI=1S/C19H20INO3/c1-3-24-19(23)16-11(2)21-14-8-5-9-15(22)18(14)17(16)12-6-4-7-13(20)10-12/h4,6-7,10,16-17H,3,5,8-9H2,1-2H3/t16?,17-/m1/s1. The number of halogens is 1. The molecule has 1 aliphatic heterocycles. The van der Waals surface area contributed by atoms with Crippen molar-refractivity contribution in [1.29, 1.82) is 0 Å². The predicted octanol–water partition coefficient (Wildman–Crippen LogP) is 4.04. The van der Waals surface area contributed by atoms with Crippen LogP contribution in [0.5, 0.6) is 0 Å². The highest BCUT2D eigenvalue weighted by atomic mass is 127. The van der Waals surface area contributed by atoms with Gasteiger partial charge in [0.25, 0.3) is 0 Å². The van der Waals surface area contributed by atoms with Gasteiger partial charge in [-0.05, 0) is 67.0 Å². The van der Waals surface area contributed by atoms with Crippen molar-refractivity contribution >= 4 is 40.1 Å². The predicted molar refractivity (Wildman–Crippen MR) is 101 cm³/mol. The average molecular weight is 437 g/mol. The third-order valence-electron chi connectivity index (χ3n) is 4.58. The zero-order valence-corrected chi connectivity index (χ0v) is 16.0. The van der Waals surface area contributed by atoms with Gasteiger partial charge in [-0.1, -0.05) is 12.1 Å². The molecule has 0 saturated carbocycles. The van der Waals surface area contributed by atoms with E-state index in [1.165, 1.54) is 0 Å². The Balaban J connectivity index is 2.15. The maximum Gasteiger partial charge on any atom is 0.315 e. The monoisotopic (exact) mass is 437 g/mol. The Labute approximate surface area is 155 Å². The molecule has 4 nitrogen and oxygen atoms in total. The van der Waals surface area contributed by atoms with Gasteiger partial charge in [-0.15, -0.1) is 0 Å². The summed E-state index contributed by atoms with van der Waals surface area (Å²) >= 11 is 2.25. The van der Waals surface area contributed by atoms with Crippen LogP contribution >= 0.6 is 22.6 Å². The van der Waals surface area contributed by atoms with Crippen LogP contribution in [0.2, 0.25) is 0 Å². The van der Waals surface area contributed by atoms with Gasteiger partial charge in [-0.3, -0.25) is 14.6 Å². The molecule has 126 valence electrons. The number of allylic oxidation sites excluding steroid dienone is 2. The van der Waals surface area contributed by atoms with Crippen LogP contribution in [0, 0.1) is 9.49 Å². The van der Waals surface area contributed by atoms with Gasteiger partial charge in [0.05, 0.1) is 6.61 Å². The van der Waals surface area contributed by atoms with Crippen LogP contribution in [-0.4, -0.2) is 24.1 Å². The summed E-state index contributed by atoms with van der Waals surface area (Å²) in [5.41, 5.74) is 3.29. The first-order valence-electron chi connectivity index (χ1n) is 8.26. The second-order valence-electron chi connectivity index (χ2n) is 6.15. The zero-order chi connectivity index (χ0) is 17.3. The first kappa shape index (κ1) is 17.3. The summed E-state index contributed by atoms with van der Waals surface area (Å²) in [5, 5.41) is 0. The van der Waals surface area contributed by atoms with E-state index in [9.17, 15) is 9.59 Å². The third kappa shape index (κ3) is 3.18. The van der Waals surface area contributed by atoms with Gasteiger partial charge in [0, 0.05) is 32.9 Å². The summed E-state index contributed by atoms with van der Waals surface area (Å²) < 4.78 is 6.37. The summed E-state index contributed by atoms with van der Waals surface area (Å²) in [6, 6.07) is 8.01. The maximum absolute atomic E-state index is 12.6. The summed E-state index contributed by atoms with van der Waals surface area (Å²) in [5.74, 6) is -0.999. The van der Waals surface area contributed by atoms with E-state index in [0.29, 0.717) is 18.6 Å². The van der Waals surface area contributed by atoms with E-state index in [2.05, 4.69) is 27.6 Å². The number of carbonyl (C=O) groups is 2. The lowest BCUT2D eigenvalue weighted by atomic mass is 9.72. The highest BCUT2D eigenvalue weighted by Gasteiger charge is 2.43. The Morgan fingerprint density at radius 1 is 1.38 bits per heavy atom. The topological polar surface area (TPSA) is 55.7 Å². The Hall–Kier alpha value is -1.50. The van der Waals surface area contributed by atoms with Crippen molar-refractivity contribution in [3.8, 4) is 0 Å². The SMILES string of the molecule is CCOC(=O)C1C(C)=NC2=C(C(=O)CCC2)[C@@H]1c1cccc(I)c1. The molecule has 2 aliphatic rings. The Bertz CT molecular complexity index is 751. The van der Waals surface area contributed by atoms with Gasteiger partial charge in [-0.2, -0.15) is 0 Å². The summed E-state index contributed by atoms with van der Waals surface area (Å²) in [7, 11) is 0. The highest BCUT2D eigenvalue weighted by Crippen LogP contribution is 2.43. The number of hydrogen-bond donors (Lipinski definition) is 0. The van der Waals surface area contributed by atoms with Crippen LogP contribution in [0.1, 0.15) is 44.6 Å². The summed E-state index contributed by atoms with van der Waals surface area (Å²) in [6.07, 6.45) is 2.16. The van der Waals surface area contributed by atoms with Gasteiger partial charge in [-0.25, -0.2) is 0 Å². The number of Topliss-reactive ketones (excluding diaryl/α,β-unsaturated/α-hetero) is 1. The summed E-state index contributed by atoms with van der Waals surface area (Å²) in [6.45, 7) is 3.98. The van der Waals surface area contributed by atoms with E-state index in [1.807, 2.05) is 31.2 Å². The number of hydrogen-bond acceptors (Lipinski definition) is 4. The molecule has 24 heavy (non-hydrogen) atoms. The number of nitrogens with zero attached hydrogens (tertiary/aromatic N) is 1. The minimum atomic E-state index is -0.524. The number of carbonyl (C=O) groups excluding carboxylic acids is 2. The molecule has 0 aromatic heterocycles. The lowest BCUT2D eigenvalue weighted by Crippen LogP contribution is -2.37. The lowest BCUT2D eigenvalue weighted by molar-refractivity contribution is -0.146. The second-order valence-corrected chi connectivity index (χ2v) is 7.40. The molecule has 1 aliphatic carbocycles. The van der Waals surface area contributed by atoms with Crippen molar-refractivity contribution in [1.82, 2.24) is 0 Å². The van der Waals surface area contributed by atoms with Crippen LogP contribution in [0.15, 0.2) is 40.5 Å². The van der Waals surface area contributed by atoms with E-state index in [4.69, 9.17) is 4.74 Å². The van der Waals surface area contributed by atoms with Crippen LogP contribution in [0.3, 0.4) is 0 Å². The van der Waals surface area contributed by atoms with Gasteiger partial charge in [0.1, 0.15) is 5.92 Å². The molecular weight excluding hydrogens is 417 g/mol. The van der Waals surface area contributed by atoms with E-state index >= 15 is 0 Å². The number of esters is 1. The second kappa shape index (κ2) is 7.17. The fourth-order valence-corrected chi connectivity index (χ4v) is 4.17. The van der Waals surface area contributed by atoms with Crippen molar-refractivity contribution in [3.05, 3.63) is 44.7 Å². The molecule has 0 radical (unpaired) electrons. The van der Waals surface area contributed by atoms with E-state index in [-0.39, 0.29) is 17.7 Å². The minimum Gasteiger partial charge on any atom is -0.465 e. The van der Waals surface area contributed by atoms with E-state index < -0.39 is 5.92 Å². The van der Waals surface area contributed by atoms with Crippen molar-refractivity contribution in [3.63, 3.8) is 0 Å². The zero-order valence-electron chi connectivity index (χ0n) is 13.8. The number of aliphatic imine (C=N–C) groups is 1. The fourth-order valence-electron chi connectivity index (χ4n) is 3.60. The molecule has 1 aromatic rings. The van der Waals surface area contributed by atoms with Gasteiger partial charge in [0.15, 0.2) is 5.78 Å². The molecule has 1 unspecified atom stereocenters. The number of benzene rings is 1. The van der Waals surface area contributed by atoms with Crippen LogP contribution < -0.4 is 0 Å². The molecule has 2 atom stereocenters. The number of ketones is 1. The molecular formula is C19H20INO3. The van der Waals surface area contributed by atoms with E-state index in [1.54, 1.807) is 6.92 Å². The molecule has 1 heterocycles. The smallest absolute Gasteiger partial charge is 0.315 e. The Kier molecular flexibility index (Phi) is 5.18. The van der Waals surface area contributed by atoms with E-state index in [0.717, 1.165) is 33.4 Å². The lowest BCUT2D eigenvalue weighted by Gasteiger charge is -2.34.